The Morgan fingerprint density at radius 1 is 1.33 bits per heavy atom. The van der Waals surface area contributed by atoms with Crippen LogP contribution in [0.25, 0.3) is 0 Å². The summed E-state index contributed by atoms with van der Waals surface area (Å²) in [6.07, 6.45) is 4.00. The minimum Gasteiger partial charge on any atom is -0.387 e. The lowest BCUT2D eigenvalue weighted by Crippen LogP contribution is -2.40. The fourth-order valence-corrected chi connectivity index (χ4v) is 4.34. The van der Waals surface area contributed by atoms with Gasteiger partial charge in [0.1, 0.15) is 10.8 Å². The number of thiazole rings is 1. The predicted octanol–water partition coefficient (Wildman–Crippen LogP) is 3.52. The Kier molecular flexibility index (Phi) is 8.43. The first-order valence-corrected chi connectivity index (χ1v) is 9.71. The quantitative estimate of drug-likeness (QED) is 0.372. The van der Waals surface area contributed by atoms with Crippen LogP contribution in [0.15, 0.2) is 29.3 Å². The molecule has 0 spiro atoms. The molecule has 3 rings (SSSR count). The molecule has 2 aromatic rings. The summed E-state index contributed by atoms with van der Waals surface area (Å²) in [6, 6.07) is 5.88. The van der Waals surface area contributed by atoms with E-state index in [9.17, 15) is 9.50 Å². The zero-order chi connectivity index (χ0) is 18.5. The van der Waals surface area contributed by atoms with Crippen molar-refractivity contribution < 1.29 is 9.50 Å². The average Bonchev–Trinajstić information content (AvgIpc) is 3.04. The van der Waals surface area contributed by atoms with Crippen LogP contribution in [-0.2, 0) is 19.4 Å². The summed E-state index contributed by atoms with van der Waals surface area (Å²) in [5.74, 6) is 0.384. The van der Waals surface area contributed by atoms with Crippen molar-refractivity contribution in [3.05, 3.63) is 51.2 Å². The van der Waals surface area contributed by atoms with Gasteiger partial charge in [-0.05, 0) is 43.4 Å². The highest BCUT2D eigenvalue weighted by Crippen LogP contribution is 2.27. The fourth-order valence-electron chi connectivity index (χ4n) is 3.13. The second-order valence-corrected chi connectivity index (χ2v) is 7.70. The number of aliphatic imine (C=N–C) groups is 1. The van der Waals surface area contributed by atoms with Crippen LogP contribution < -0.4 is 5.32 Å². The third kappa shape index (κ3) is 5.86. The molecule has 0 radical (unpaired) electrons. The van der Waals surface area contributed by atoms with Crippen LogP contribution in [0.3, 0.4) is 0 Å². The van der Waals surface area contributed by atoms with Crippen LogP contribution in [0.1, 0.15) is 40.1 Å². The van der Waals surface area contributed by atoms with Gasteiger partial charge in [0.25, 0.3) is 0 Å². The molecule has 0 saturated heterocycles. The SMILES string of the molecule is CN=C(NCC(O)c1ccc(F)cc1)N(C)Cc1nc2c(s1)CCCC2.I. The van der Waals surface area contributed by atoms with Gasteiger partial charge in [-0.2, -0.15) is 0 Å². The Morgan fingerprint density at radius 2 is 2.04 bits per heavy atom. The minimum absolute atomic E-state index is 0. The Labute approximate surface area is 180 Å². The summed E-state index contributed by atoms with van der Waals surface area (Å²) in [5.41, 5.74) is 1.93. The van der Waals surface area contributed by atoms with Gasteiger partial charge in [-0.3, -0.25) is 4.99 Å². The number of nitrogens with zero attached hydrogens (tertiary/aromatic N) is 3. The van der Waals surface area contributed by atoms with Crippen molar-refractivity contribution in [1.29, 1.82) is 0 Å². The molecule has 8 heteroatoms. The van der Waals surface area contributed by atoms with Gasteiger partial charge in [0, 0.05) is 25.5 Å². The number of halogens is 2. The molecule has 1 unspecified atom stereocenters. The zero-order valence-electron chi connectivity index (χ0n) is 15.6. The number of aliphatic hydroxyl groups is 1. The van der Waals surface area contributed by atoms with Gasteiger partial charge in [-0.1, -0.05) is 12.1 Å². The van der Waals surface area contributed by atoms with Gasteiger partial charge in [0.15, 0.2) is 5.96 Å². The number of benzene rings is 1. The minimum atomic E-state index is -0.729. The number of aryl methyl sites for hydroxylation is 2. The molecule has 0 saturated carbocycles. The summed E-state index contributed by atoms with van der Waals surface area (Å²) in [4.78, 5) is 12.5. The molecule has 0 fully saturated rings. The molecule has 0 amide bonds. The number of hydrogen-bond donors (Lipinski definition) is 2. The van der Waals surface area contributed by atoms with E-state index in [0.717, 1.165) is 17.8 Å². The van der Waals surface area contributed by atoms with E-state index in [2.05, 4.69) is 10.3 Å². The lowest BCUT2D eigenvalue weighted by Gasteiger charge is -2.22. The van der Waals surface area contributed by atoms with Gasteiger partial charge in [0.05, 0.1) is 18.3 Å². The van der Waals surface area contributed by atoms with Crippen LogP contribution in [0.5, 0.6) is 0 Å². The molecule has 2 N–H and O–H groups in total. The van der Waals surface area contributed by atoms with Crippen molar-refractivity contribution in [2.75, 3.05) is 20.6 Å². The fraction of sp³-hybridized carbons (Fsp3) is 0.474. The van der Waals surface area contributed by atoms with Gasteiger partial charge in [-0.15, -0.1) is 35.3 Å². The molecule has 27 heavy (non-hydrogen) atoms. The number of guanidine groups is 1. The number of nitrogens with one attached hydrogen (secondary N) is 1. The Hall–Kier alpha value is -1.26. The molecule has 0 aliphatic heterocycles. The standard InChI is InChI=1S/C19H25FN4OS.HI/c1-21-19(22-11-16(25)13-7-9-14(20)10-8-13)24(2)12-18-23-15-5-3-4-6-17(15)26-18;/h7-10,16,25H,3-6,11-12H2,1-2H3,(H,21,22);1H. The van der Waals surface area contributed by atoms with Crippen LogP contribution in [0.2, 0.25) is 0 Å². The normalized spacial score (nSPS) is 14.9. The Bertz CT molecular complexity index is 742. The highest BCUT2D eigenvalue weighted by Gasteiger charge is 2.17. The van der Waals surface area contributed by atoms with Crippen molar-refractivity contribution in [2.24, 2.45) is 4.99 Å². The van der Waals surface area contributed by atoms with Crippen molar-refractivity contribution in [1.82, 2.24) is 15.2 Å². The molecule has 1 aliphatic rings. The molecule has 148 valence electrons. The van der Waals surface area contributed by atoms with E-state index in [1.54, 1.807) is 30.5 Å². The van der Waals surface area contributed by atoms with Gasteiger partial charge < -0.3 is 15.3 Å². The summed E-state index contributed by atoms with van der Waals surface area (Å²) in [7, 11) is 3.68. The van der Waals surface area contributed by atoms with Crippen molar-refractivity contribution in [2.45, 2.75) is 38.3 Å². The lowest BCUT2D eigenvalue weighted by atomic mass is 10.0. The van der Waals surface area contributed by atoms with Crippen LogP contribution in [0.4, 0.5) is 4.39 Å². The first-order chi connectivity index (χ1) is 12.6. The monoisotopic (exact) mass is 504 g/mol. The molecule has 1 aromatic heterocycles. The van der Waals surface area contributed by atoms with Crippen LogP contribution in [-0.4, -0.2) is 41.6 Å². The second kappa shape index (κ2) is 10.3. The Morgan fingerprint density at radius 3 is 2.70 bits per heavy atom. The maximum absolute atomic E-state index is 13.0. The summed E-state index contributed by atoms with van der Waals surface area (Å²) >= 11 is 1.79. The second-order valence-electron chi connectivity index (χ2n) is 6.54. The maximum atomic E-state index is 13.0. The molecule has 1 aliphatic carbocycles. The largest absolute Gasteiger partial charge is 0.387 e. The zero-order valence-corrected chi connectivity index (χ0v) is 18.8. The molecule has 1 aromatic carbocycles. The first-order valence-electron chi connectivity index (χ1n) is 8.89. The molecule has 1 atom stereocenters. The van der Waals surface area contributed by atoms with E-state index in [0.29, 0.717) is 24.6 Å². The third-order valence-electron chi connectivity index (χ3n) is 4.54. The van der Waals surface area contributed by atoms with E-state index < -0.39 is 6.10 Å². The van der Waals surface area contributed by atoms with Crippen LogP contribution >= 0.6 is 35.3 Å². The van der Waals surface area contributed by atoms with Gasteiger partial charge in [-0.25, -0.2) is 9.37 Å². The maximum Gasteiger partial charge on any atom is 0.193 e. The number of fused-ring (bicyclic) bond motifs is 1. The molecular weight excluding hydrogens is 478 g/mol. The van der Waals surface area contributed by atoms with E-state index >= 15 is 0 Å². The van der Waals surface area contributed by atoms with E-state index in [1.807, 2.05) is 11.9 Å². The van der Waals surface area contributed by atoms with Crippen molar-refractivity contribution >= 4 is 41.3 Å². The number of aromatic nitrogens is 1. The average molecular weight is 504 g/mol. The summed E-state index contributed by atoms with van der Waals surface area (Å²) in [5, 5.41) is 14.5. The van der Waals surface area contributed by atoms with Gasteiger partial charge >= 0.3 is 0 Å². The van der Waals surface area contributed by atoms with Crippen molar-refractivity contribution in [3.63, 3.8) is 0 Å². The predicted molar refractivity (Wildman–Crippen MR) is 118 cm³/mol. The molecule has 1 heterocycles. The smallest absolute Gasteiger partial charge is 0.193 e. The number of hydrogen-bond acceptors (Lipinski definition) is 4. The van der Waals surface area contributed by atoms with E-state index in [1.165, 1.54) is 35.5 Å². The first kappa shape index (κ1) is 22.0. The van der Waals surface area contributed by atoms with E-state index in [4.69, 9.17) is 4.98 Å². The van der Waals surface area contributed by atoms with Gasteiger partial charge in [0.2, 0.25) is 0 Å². The van der Waals surface area contributed by atoms with Crippen molar-refractivity contribution in [3.8, 4) is 0 Å². The topological polar surface area (TPSA) is 60.8 Å². The molecular formula is C19H26FIN4OS. The lowest BCUT2D eigenvalue weighted by molar-refractivity contribution is 0.179. The Balaban J connectivity index is 0.00000261. The summed E-state index contributed by atoms with van der Waals surface area (Å²) < 4.78 is 13.0. The number of rotatable bonds is 5. The van der Waals surface area contributed by atoms with Crippen LogP contribution in [0, 0.1) is 5.82 Å². The highest BCUT2D eigenvalue weighted by atomic mass is 127. The highest BCUT2D eigenvalue weighted by molar-refractivity contribution is 14.0. The molecule has 5 nitrogen and oxygen atoms in total. The summed E-state index contributed by atoms with van der Waals surface area (Å²) in [6.45, 7) is 0.987. The van der Waals surface area contributed by atoms with E-state index in [-0.39, 0.29) is 29.8 Å². The third-order valence-corrected chi connectivity index (χ3v) is 5.69. The molecule has 0 bridgehead atoms. The number of aliphatic hydroxyl groups excluding tert-OH is 1.